The van der Waals surface area contributed by atoms with Crippen LogP contribution in [0.3, 0.4) is 0 Å². The van der Waals surface area contributed by atoms with Gasteiger partial charge in [0.1, 0.15) is 11.6 Å². The maximum Gasteiger partial charge on any atom is 0.333 e. The molecular weight excluding hydrogens is 401 g/mol. The van der Waals surface area contributed by atoms with Gasteiger partial charge in [0.25, 0.3) is 5.91 Å². The zero-order valence-corrected chi connectivity index (χ0v) is 18.2. The van der Waals surface area contributed by atoms with Gasteiger partial charge in [0.05, 0.1) is 0 Å². The number of carbonyl (C=O) groups excluding carboxylic acids is 1. The minimum Gasteiger partial charge on any atom is -0.484 e. The van der Waals surface area contributed by atoms with E-state index in [2.05, 4.69) is 0 Å². The maximum atomic E-state index is 13.9. The molecule has 0 saturated carbocycles. The summed E-state index contributed by atoms with van der Waals surface area (Å²) in [6.07, 6.45) is -0.309. The molecule has 1 N–H and O–H groups in total. The normalized spacial score (nSPS) is 12.8. The standard InChI is InChI=1S/C24H30FNO5/c1-4-20(23(24(28)29)30-6-3)17-11-13-19(14-12-17)31-16-22(27)26(5-2)15-18-9-7-8-10-21(18)25/h7-14,20,23H,4-6,15-16H2,1-3H3,(H,28,29)/t20?,23-/m0/s1. The molecule has 0 fully saturated rings. The van der Waals surface area contributed by atoms with Crippen molar-refractivity contribution in [1.29, 1.82) is 0 Å². The van der Waals surface area contributed by atoms with Crippen LogP contribution < -0.4 is 4.74 Å². The number of carbonyl (C=O) groups is 2. The van der Waals surface area contributed by atoms with Crippen molar-refractivity contribution in [3.8, 4) is 5.75 Å². The molecule has 1 amide bonds. The van der Waals surface area contributed by atoms with Gasteiger partial charge in [0.15, 0.2) is 12.7 Å². The second-order valence-corrected chi connectivity index (χ2v) is 7.09. The minimum absolute atomic E-state index is 0.171. The second kappa shape index (κ2) is 12.1. The van der Waals surface area contributed by atoms with Crippen molar-refractivity contribution in [2.24, 2.45) is 0 Å². The van der Waals surface area contributed by atoms with Crippen LogP contribution in [0.25, 0.3) is 0 Å². The summed E-state index contributed by atoms with van der Waals surface area (Å²) in [5, 5.41) is 9.45. The van der Waals surface area contributed by atoms with Crippen LogP contribution in [0.4, 0.5) is 4.39 Å². The molecule has 7 heteroatoms. The van der Waals surface area contributed by atoms with Crippen LogP contribution in [-0.4, -0.2) is 47.7 Å². The molecule has 0 spiro atoms. The lowest BCUT2D eigenvalue weighted by Crippen LogP contribution is -2.34. The molecule has 2 atom stereocenters. The minimum atomic E-state index is -0.992. The Balaban J connectivity index is 1.99. The Kier molecular flexibility index (Phi) is 9.46. The van der Waals surface area contributed by atoms with Gasteiger partial charge in [-0.15, -0.1) is 0 Å². The Labute approximate surface area is 182 Å². The van der Waals surface area contributed by atoms with Gasteiger partial charge >= 0.3 is 5.97 Å². The number of benzene rings is 2. The third-order valence-corrected chi connectivity index (χ3v) is 5.12. The third kappa shape index (κ3) is 6.79. The SMILES string of the molecule is CCO[C@H](C(=O)O)C(CC)c1ccc(OCC(=O)N(CC)Cc2ccccc2F)cc1. The van der Waals surface area contributed by atoms with Crippen LogP contribution in [-0.2, 0) is 20.9 Å². The summed E-state index contributed by atoms with van der Waals surface area (Å²) < 4.78 is 24.9. The average Bonchev–Trinajstić information content (AvgIpc) is 2.77. The summed E-state index contributed by atoms with van der Waals surface area (Å²) in [4.78, 5) is 25.6. The maximum absolute atomic E-state index is 13.9. The number of rotatable bonds is 12. The predicted molar refractivity (Wildman–Crippen MR) is 116 cm³/mol. The van der Waals surface area contributed by atoms with E-state index in [1.165, 1.54) is 11.0 Å². The van der Waals surface area contributed by atoms with E-state index in [9.17, 15) is 19.1 Å². The van der Waals surface area contributed by atoms with Crippen molar-refractivity contribution in [1.82, 2.24) is 4.90 Å². The first kappa shape index (κ1) is 24.3. The molecule has 2 aromatic rings. The van der Waals surface area contributed by atoms with E-state index in [1.807, 2.05) is 13.8 Å². The number of likely N-dealkylation sites (N-methyl/N-ethyl adjacent to an activating group) is 1. The molecule has 1 unspecified atom stereocenters. The van der Waals surface area contributed by atoms with E-state index in [4.69, 9.17) is 9.47 Å². The smallest absolute Gasteiger partial charge is 0.333 e. The molecular formula is C24H30FNO5. The van der Waals surface area contributed by atoms with E-state index in [-0.39, 0.29) is 30.8 Å². The Morgan fingerprint density at radius 2 is 1.74 bits per heavy atom. The van der Waals surface area contributed by atoms with Crippen LogP contribution in [0.2, 0.25) is 0 Å². The van der Waals surface area contributed by atoms with E-state index in [1.54, 1.807) is 49.4 Å². The Bertz CT molecular complexity index is 855. The fourth-order valence-electron chi connectivity index (χ4n) is 3.42. The molecule has 2 rings (SSSR count). The van der Waals surface area contributed by atoms with Crippen LogP contribution in [0.5, 0.6) is 5.75 Å². The summed E-state index contributed by atoms with van der Waals surface area (Å²) in [5.41, 5.74) is 1.28. The van der Waals surface area contributed by atoms with Crippen molar-refractivity contribution in [3.63, 3.8) is 0 Å². The monoisotopic (exact) mass is 431 g/mol. The lowest BCUT2D eigenvalue weighted by atomic mass is 9.91. The molecule has 0 saturated heterocycles. The molecule has 0 bridgehead atoms. The van der Waals surface area contributed by atoms with Crippen LogP contribution in [0.1, 0.15) is 44.2 Å². The molecule has 0 heterocycles. The van der Waals surface area contributed by atoms with Crippen LogP contribution in [0, 0.1) is 5.82 Å². The van der Waals surface area contributed by atoms with Crippen LogP contribution in [0.15, 0.2) is 48.5 Å². The first-order valence-electron chi connectivity index (χ1n) is 10.5. The quantitative estimate of drug-likeness (QED) is 0.544. The van der Waals surface area contributed by atoms with Crippen molar-refractivity contribution in [2.45, 2.75) is 45.8 Å². The van der Waals surface area contributed by atoms with Gasteiger partial charge in [0, 0.05) is 31.2 Å². The highest BCUT2D eigenvalue weighted by Gasteiger charge is 2.28. The fourth-order valence-corrected chi connectivity index (χ4v) is 3.42. The molecule has 0 aliphatic rings. The molecule has 31 heavy (non-hydrogen) atoms. The summed E-state index contributed by atoms with van der Waals surface area (Å²) in [6, 6.07) is 13.4. The fraction of sp³-hybridized carbons (Fsp3) is 0.417. The Hall–Kier alpha value is -2.93. The predicted octanol–water partition coefficient (Wildman–Crippen LogP) is 4.24. The summed E-state index contributed by atoms with van der Waals surface area (Å²) >= 11 is 0. The van der Waals surface area contributed by atoms with Gasteiger partial charge < -0.3 is 19.5 Å². The zero-order chi connectivity index (χ0) is 22.8. The largest absolute Gasteiger partial charge is 0.484 e. The Morgan fingerprint density at radius 1 is 1.06 bits per heavy atom. The summed E-state index contributed by atoms with van der Waals surface area (Å²) in [7, 11) is 0. The molecule has 0 aromatic heterocycles. The van der Waals surface area contributed by atoms with Gasteiger partial charge in [-0.1, -0.05) is 37.3 Å². The van der Waals surface area contributed by atoms with Crippen molar-refractivity contribution < 1.29 is 28.6 Å². The molecule has 0 radical (unpaired) electrons. The first-order chi connectivity index (χ1) is 14.9. The molecule has 168 valence electrons. The van der Waals surface area contributed by atoms with Gasteiger partial charge in [-0.3, -0.25) is 4.79 Å². The van der Waals surface area contributed by atoms with Crippen molar-refractivity contribution in [3.05, 3.63) is 65.5 Å². The lowest BCUT2D eigenvalue weighted by Gasteiger charge is -2.23. The first-order valence-corrected chi connectivity index (χ1v) is 10.5. The number of nitrogens with zero attached hydrogens (tertiary/aromatic N) is 1. The summed E-state index contributed by atoms with van der Waals surface area (Å²) in [6.45, 7) is 6.26. The number of carboxylic acid groups (broad SMARTS) is 1. The van der Waals surface area contributed by atoms with E-state index < -0.39 is 12.1 Å². The number of carboxylic acids is 1. The van der Waals surface area contributed by atoms with E-state index in [0.717, 1.165) is 5.56 Å². The highest BCUT2D eigenvalue weighted by atomic mass is 19.1. The van der Waals surface area contributed by atoms with Gasteiger partial charge in [0.2, 0.25) is 0 Å². The highest BCUT2D eigenvalue weighted by Crippen LogP contribution is 2.27. The number of amides is 1. The highest BCUT2D eigenvalue weighted by molar-refractivity contribution is 5.77. The lowest BCUT2D eigenvalue weighted by molar-refractivity contribution is -0.151. The van der Waals surface area contributed by atoms with E-state index in [0.29, 0.717) is 30.9 Å². The molecule has 0 aliphatic carbocycles. The summed E-state index contributed by atoms with van der Waals surface area (Å²) in [5.74, 6) is -1.37. The molecule has 2 aromatic carbocycles. The van der Waals surface area contributed by atoms with Crippen molar-refractivity contribution >= 4 is 11.9 Å². The van der Waals surface area contributed by atoms with Crippen LogP contribution >= 0.6 is 0 Å². The van der Waals surface area contributed by atoms with Gasteiger partial charge in [-0.25, -0.2) is 9.18 Å². The van der Waals surface area contributed by atoms with E-state index >= 15 is 0 Å². The van der Waals surface area contributed by atoms with Gasteiger partial charge in [-0.05, 0) is 44.0 Å². The zero-order valence-electron chi connectivity index (χ0n) is 18.2. The van der Waals surface area contributed by atoms with Crippen molar-refractivity contribution in [2.75, 3.05) is 19.8 Å². The average molecular weight is 432 g/mol. The molecule has 0 aliphatic heterocycles. The number of aliphatic carboxylic acids is 1. The third-order valence-electron chi connectivity index (χ3n) is 5.12. The molecule has 6 nitrogen and oxygen atoms in total. The topological polar surface area (TPSA) is 76.1 Å². The number of ether oxygens (including phenoxy) is 2. The number of halogens is 1. The van der Waals surface area contributed by atoms with Gasteiger partial charge in [-0.2, -0.15) is 0 Å². The number of hydrogen-bond donors (Lipinski definition) is 1. The Morgan fingerprint density at radius 3 is 2.29 bits per heavy atom. The second-order valence-electron chi connectivity index (χ2n) is 7.09. The number of hydrogen-bond acceptors (Lipinski definition) is 4.